The third kappa shape index (κ3) is 4.11. The minimum absolute atomic E-state index is 0.0116. The van der Waals surface area contributed by atoms with Crippen molar-refractivity contribution >= 4 is 5.91 Å². The molecule has 4 heteroatoms. The Kier molecular flexibility index (Phi) is 5.78. The molecule has 0 bridgehead atoms. The molecule has 18 heavy (non-hydrogen) atoms. The topological polar surface area (TPSA) is 59.2 Å². The van der Waals surface area contributed by atoms with Crippen molar-refractivity contribution in [3.05, 3.63) is 30.1 Å². The summed E-state index contributed by atoms with van der Waals surface area (Å²) in [5.41, 5.74) is 6.80. The Morgan fingerprint density at radius 1 is 1.44 bits per heavy atom. The van der Waals surface area contributed by atoms with E-state index in [-0.39, 0.29) is 11.9 Å². The molecule has 0 aromatic carbocycles. The number of nitrogens with zero attached hydrogens (tertiary/aromatic N) is 2. The molecule has 4 nitrogen and oxygen atoms in total. The van der Waals surface area contributed by atoms with Crippen molar-refractivity contribution < 1.29 is 4.79 Å². The zero-order valence-corrected chi connectivity index (χ0v) is 11.5. The van der Waals surface area contributed by atoms with E-state index in [2.05, 4.69) is 4.98 Å². The lowest BCUT2D eigenvalue weighted by molar-refractivity contribution is -0.135. The van der Waals surface area contributed by atoms with Crippen LogP contribution in [0.4, 0.5) is 0 Å². The minimum atomic E-state index is -0.402. The van der Waals surface area contributed by atoms with Gasteiger partial charge in [0, 0.05) is 12.2 Å². The number of aromatic nitrogens is 1. The summed E-state index contributed by atoms with van der Waals surface area (Å²) in [6.07, 6.45) is 3.39. The highest BCUT2D eigenvalue weighted by Gasteiger charge is 2.22. The second kappa shape index (κ2) is 7.11. The highest BCUT2D eigenvalue weighted by molar-refractivity contribution is 5.81. The molecule has 1 atom stereocenters. The fourth-order valence-electron chi connectivity index (χ4n) is 1.83. The monoisotopic (exact) mass is 249 g/mol. The highest BCUT2D eigenvalue weighted by atomic mass is 16.2. The summed E-state index contributed by atoms with van der Waals surface area (Å²) in [7, 11) is 0. The summed E-state index contributed by atoms with van der Waals surface area (Å²) in [4.78, 5) is 18.3. The molecule has 0 radical (unpaired) electrons. The van der Waals surface area contributed by atoms with Gasteiger partial charge in [-0.2, -0.15) is 0 Å². The van der Waals surface area contributed by atoms with Crippen LogP contribution < -0.4 is 5.73 Å². The number of hydrogen-bond donors (Lipinski definition) is 1. The van der Waals surface area contributed by atoms with Gasteiger partial charge in [0.1, 0.15) is 0 Å². The fourth-order valence-corrected chi connectivity index (χ4v) is 1.83. The van der Waals surface area contributed by atoms with Crippen LogP contribution in [0, 0.1) is 0 Å². The molecule has 0 aliphatic heterocycles. The van der Waals surface area contributed by atoms with Gasteiger partial charge in [-0.1, -0.05) is 19.4 Å². The van der Waals surface area contributed by atoms with Crippen molar-refractivity contribution in [2.75, 3.05) is 0 Å². The summed E-state index contributed by atoms with van der Waals surface area (Å²) in [5.74, 6) is 0.0116. The Labute approximate surface area is 109 Å². The van der Waals surface area contributed by atoms with E-state index in [1.165, 1.54) is 0 Å². The lowest BCUT2D eigenvalue weighted by atomic mass is 10.1. The predicted octanol–water partition coefficient (Wildman–Crippen LogP) is 1.95. The fraction of sp³-hybridized carbons (Fsp3) is 0.571. The van der Waals surface area contributed by atoms with E-state index in [9.17, 15) is 4.79 Å². The second-order valence-corrected chi connectivity index (χ2v) is 4.78. The molecule has 0 aliphatic carbocycles. The van der Waals surface area contributed by atoms with Gasteiger partial charge in [0.15, 0.2) is 0 Å². The van der Waals surface area contributed by atoms with Crippen LogP contribution in [-0.2, 0) is 11.3 Å². The molecular formula is C14H23N3O. The van der Waals surface area contributed by atoms with Gasteiger partial charge >= 0.3 is 0 Å². The maximum Gasteiger partial charge on any atom is 0.240 e. The van der Waals surface area contributed by atoms with Crippen molar-refractivity contribution in [1.29, 1.82) is 0 Å². The standard InChI is InChI=1S/C14H23N3O/c1-4-7-13(15)14(18)17(11(2)3)10-12-8-5-6-9-16-12/h5-6,8-9,11,13H,4,7,10,15H2,1-3H3/t13-/m1/s1. The van der Waals surface area contributed by atoms with Gasteiger partial charge in [0.05, 0.1) is 18.3 Å². The molecule has 0 saturated carbocycles. The predicted molar refractivity (Wildman–Crippen MR) is 72.8 cm³/mol. The Morgan fingerprint density at radius 3 is 2.67 bits per heavy atom. The maximum atomic E-state index is 12.3. The van der Waals surface area contributed by atoms with Crippen molar-refractivity contribution in [2.45, 2.75) is 52.2 Å². The van der Waals surface area contributed by atoms with Gasteiger partial charge in [0.25, 0.3) is 0 Å². The quantitative estimate of drug-likeness (QED) is 0.838. The summed E-state index contributed by atoms with van der Waals surface area (Å²) < 4.78 is 0. The summed E-state index contributed by atoms with van der Waals surface area (Å²) >= 11 is 0. The van der Waals surface area contributed by atoms with E-state index < -0.39 is 6.04 Å². The number of pyridine rings is 1. The van der Waals surface area contributed by atoms with Gasteiger partial charge in [-0.25, -0.2) is 0 Å². The van der Waals surface area contributed by atoms with Gasteiger partial charge < -0.3 is 10.6 Å². The molecule has 1 heterocycles. The van der Waals surface area contributed by atoms with Crippen LogP contribution in [0.5, 0.6) is 0 Å². The van der Waals surface area contributed by atoms with E-state index in [1.54, 1.807) is 11.1 Å². The highest BCUT2D eigenvalue weighted by Crippen LogP contribution is 2.09. The average Bonchev–Trinajstić information content (AvgIpc) is 2.36. The molecular weight excluding hydrogens is 226 g/mol. The lowest BCUT2D eigenvalue weighted by Crippen LogP contribution is -2.46. The van der Waals surface area contributed by atoms with Gasteiger partial charge in [0.2, 0.25) is 5.91 Å². The van der Waals surface area contributed by atoms with E-state index in [0.717, 1.165) is 18.5 Å². The number of amides is 1. The van der Waals surface area contributed by atoms with Crippen LogP contribution in [0.15, 0.2) is 24.4 Å². The molecule has 0 fully saturated rings. The maximum absolute atomic E-state index is 12.3. The molecule has 2 N–H and O–H groups in total. The van der Waals surface area contributed by atoms with Crippen LogP contribution in [0.25, 0.3) is 0 Å². The van der Waals surface area contributed by atoms with Crippen molar-refractivity contribution in [1.82, 2.24) is 9.88 Å². The SMILES string of the molecule is CCC[C@@H](N)C(=O)N(Cc1ccccn1)C(C)C. The number of hydrogen-bond acceptors (Lipinski definition) is 3. The van der Waals surface area contributed by atoms with Crippen LogP contribution in [0.3, 0.4) is 0 Å². The summed E-state index contributed by atoms with van der Waals surface area (Å²) in [6.45, 7) is 6.55. The van der Waals surface area contributed by atoms with Crippen LogP contribution >= 0.6 is 0 Å². The molecule has 100 valence electrons. The average molecular weight is 249 g/mol. The molecule has 1 aromatic rings. The number of rotatable bonds is 6. The number of carbonyl (C=O) groups is 1. The molecule has 0 saturated heterocycles. The largest absolute Gasteiger partial charge is 0.333 e. The molecule has 1 rings (SSSR count). The van der Waals surface area contributed by atoms with Gasteiger partial charge in [-0.3, -0.25) is 9.78 Å². The van der Waals surface area contributed by atoms with Crippen molar-refractivity contribution in [2.24, 2.45) is 5.73 Å². The van der Waals surface area contributed by atoms with Crippen LogP contribution in [0.1, 0.15) is 39.3 Å². The first-order chi connectivity index (χ1) is 8.56. The van der Waals surface area contributed by atoms with Crippen LogP contribution in [0.2, 0.25) is 0 Å². The third-order valence-corrected chi connectivity index (χ3v) is 2.88. The van der Waals surface area contributed by atoms with E-state index in [1.807, 2.05) is 39.0 Å². The minimum Gasteiger partial charge on any atom is -0.333 e. The van der Waals surface area contributed by atoms with E-state index >= 15 is 0 Å². The zero-order chi connectivity index (χ0) is 13.5. The first-order valence-electron chi connectivity index (χ1n) is 6.52. The summed E-state index contributed by atoms with van der Waals surface area (Å²) in [5, 5.41) is 0. The van der Waals surface area contributed by atoms with Crippen molar-refractivity contribution in [3.63, 3.8) is 0 Å². The van der Waals surface area contributed by atoms with E-state index in [0.29, 0.717) is 6.54 Å². The lowest BCUT2D eigenvalue weighted by Gasteiger charge is -2.29. The smallest absolute Gasteiger partial charge is 0.240 e. The third-order valence-electron chi connectivity index (χ3n) is 2.88. The van der Waals surface area contributed by atoms with Gasteiger partial charge in [-0.05, 0) is 32.4 Å². The van der Waals surface area contributed by atoms with Gasteiger partial charge in [-0.15, -0.1) is 0 Å². The Bertz CT molecular complexity index is 365. The molecule has 0 aliphatic rings. The second-order valence-electron chi connectivity index (χ2n) is 4.78. The molecule has 1 aromatic heterocycles. The van der Waals surface area contributed by atoms with Crippen molar-refractivity contribution in [3.8, 4) is 0 Å². The van der Waals surface area contributed by atoms with E-state index in [4.69, 9.17) is 5.73 Å². The Morgan fingerprint density at radius 2 is 2.17 bits per heavy atom. The zero-order valence-electron chi connectivity index (χ0n) is 11.5. The number of carbonyl (C=O) groups excluding carboxylic acids is 1. The Hall–Kier alpha value is -1.42. The normalized spacial score (nSPS) is 12.5. The number of nitrogens with two attached hydrogens (primary N) is 1. The first kappa shape index (κ1) is 14.6. The molecule has 0 spiro atoms. The molecule has 0 unspecified atom stereocenters. The van der Waals surface area contributed by atoms with Crippen LogP contribution in [-0.4, -0.2) is 27.9 Å². The Balaban J connectivity index is 2.74. The molecule has 1 amide bonds. The first-order valence-corrected chi connectivity index (χ1v) is 6.52. The summed E-state index contributed by atoms with van der Waals surface area (Å²) in [6, 6.07) is 5.45.